The summed E-state index contributed by atoms with van der Waals surface area (Å²) in [5.74, 6) is 0.917. The average Bonchev–Trinajstić information content (AvgIpc) is 3.02. The van der Waals surface area contributed by atoms with Crippen LogP contribution in [0.1, 0.15) is 18.4 Å². The molecule has 0 atom stereocenters. The molecule has 0 saturated carbocycles. The van der Waals surface area contributed by atoms with E-state index in [9.17, 15) is 9.59 Å². The minimum atomic E-state index is -0.0840. The van der Waals surface area contributed by atoms with Crippen LogP contribution in [-0.4, -0.2) is 40.1 Å². The van der Waals surface area contributed by atoms with Crippen molar-refractivity contribution in [2.75, 3.05) is 20.2 Å². The first-order valence-corrected chi connectivity index (χ1v) is 9.84. The maximum absolute atomic E-state index is 12.7. The summed E-state index contributed by atoms with van der Waals surface area (Å²) >= 11 is 0. The number of aromatic nitrogens is 2. The fourth-order valence-corrected chi connectivity index (χ4v) is 3.91. The number of carbonyl (C=O) groups excluding carboxylic acids is 1. The summed E-state index contributed by atoms with van der Waals surface area (Å²) in [4.78, 5) is 27.1. The quantitative estimate of drug-likeness (QED) is 0.672. The van der Waals surface area contributed by atoms with Gasteiger partial charge in [-0.15, -0.1) is 0 Å². The molecule has 4 rings (SSSR count). The standard InChI is InChI=1S/C23H25N3O3/c1-24-20-5-3-4-6-21(20)26(23(24)28)16-13-22(27)25-14-11-18(12-15-25)17-7-9-19(29-2)10-8-17/h3-11H,12-16H2,1-2H3. The number of nitrogens with zero attached hydrogens (tertiary/aromatic N) is 3. The van der Waals surface area contributed by atoms with Crippen molar-refractivity contribution in [1.29, 1.82) is 0 Å². The van der Waals surface area contributed by atoms with Crippen molar-refractivity contribution in [3.63, 3.8) is 0 Å². The van der Waals surface area contributed by atoms with Crippen LogP contribution in [0.4, 0.5) is 0 Å². The molecule has 1 amide bonds. The summed E-state index contributed by atoms with van der Waals surface area (Å²) in [7, 11) is 3.42. The Morgan fingerprint density at radius 1 is 1.07 bits per heavy atom. The summed E-state index contributed by atoms with van der Waals surface area (Å²) < 4.78 is 8.53. The second-order valence-electron chi connectivity index (χ2n) is 7.28. The van der Waals surface area contributed by atoms with Crippen molar-refractivity contribution in [3.05, 3.63) is 70.7 Å². The number of hydrogen-bond acceptors (Lipinski definition) is 3. The number of benzene rings is 2. The third-order valence-electron chi connectivity index (χ3n) is 5.62. The maximum Gasteiger partial charge on any atom is 0.328 e. The Balaban J connectivity index is 1.41. The second-order valence-corrected chi connectivity index (χ2v) is 7.28. The van der Waals surface area contributed by atoms with Gasteiger partial charge in [-0.2, -0.15) is 0 Å². The van der Waals surface area contributed by atoms with Gasteiger partial charge in [-0.25, -0.2) is 4.79 Å². The zero-order chi connectivity index (χ0) is 20.4. The fraction of sp³-hybridized carbons (Fsp3) is 0.304. The summed E-state index contributed by atoms with van der Waals surface area (Å²) in [6, 6.07) is 15.7. The lowest BCUT2D eigenvalue weighted by molar-refractivity contribution is -0.131. The lowest BCUT2D eigenvalue weighted by atomic mass is 9.99. The third-order valence-corrected chi connectivity index (χ3v) is 5.62. The lowest BCUT2D eigenvalue weighted by Gasteiger charge is -2.27. The van der Waals surface area contributed by atoms with E-state index < -0.39 is 0 Å². The molecule has 2 aromatic carbocycles. The van der Waals surface area contributed by atoms with E-state index in [2.05, 4.69) is 18.2 Å². The van der Waals surface area contributed by atoms with Crippen LogP contribution in [0.5, 0.6) is 5.75 Å². The summed E-state index contributed by atoms with van der Waals surface area (Å²) in [6.07, 6.45) is 3.26. The van der Waals surface area contributed by atoms with E-state index in [1.54, 1.807) is 23.3 Å². The van der Waals surface area contributed by atoms with Crippen molar-refractivity contribution >= 4 is 22.5 Å². The monoisotopic (exact) mass is 391 g/mol. The van der Waals surface area contributed by atoms with Gasteiger partial charge in [0.25, 0.3) is 0 Å². The van der Waals surface area contributed by atoms with E-state index in [0.29, 0.717) is 26.1 Å². The molecule has 0 fully saturated rings. The maximum atomic E-state index is 12.7. The predicted molar refractivity (Wildman–Crippen MR) is 114 cm³/mol. The number of amides is 1. The number of ether oxygens (including phenoxy) is 1. The van der Waals surface area contributed by atoms with Crippen LogP contribution in [0.15, 0.2) is 59.4 Å². The zero-order valence-corrected chi connectivity index (χ0v) is 16.8. The highest BCUT2D eigenvalue weighted by Gasteiger charge is 2.19. The SMILES string of the molecule is COc1ccc(C2=CCN(C(=O)CCn3c(=O)n(C)c4ccccc43)CC2)cc1. The molecule has 0 N–H and O–H groups in total. The number of para-hydroxylation sites is 2. The van der Waals surface area contributed by atoms with Gasteiger partial charge in [0, 0.05) is 33.1 Å². The van der Waals surface area contributed by atoms with Crippen molar-refractivity contribution in [2.24, 2.45) is 7.05 Å². The molecule has 1 aromatic heterocycles. The Kier molecular flexibility index (Phi) is 5.25. The van der Waals surface area contributed by atoms with E-state index in [1.807, 2.05) is 41.3 Å². The second kappa shape index (κ2) is 7.99. The summed E-state index contributed by atoms with van der Waals surface area (Å²) in [5.41, 5.74) is 4.09. The number of rotatable bonds is 5. The van der Waals surface area contributed by atoms with Gasteiger partial charge in [-0.1, -0.05) is 30.3 Å². The molecule has 0 aliphatic carbocycles. The Labute approximate surface area is 169 Å². The number of hydrogen-bond donors (Lipinski definition) is 0. The molecule has 0 radical (unpaired) electrons. The van der Waals surface area contributed by atoms with Gasteiger partial charge < -0.3 is 9.64 Å². The van der Waals surface area contributed by atoms with E-state index >= 15 is 0 Å². The highest BCUT2D eigenvalue weighted by atomic mass is 16.5. The van der Waals surface area contributed by atoms with Gasteiger partial charge in [-0.3, -0.25) is 13.9 Å². The molecular weight excluding hydrogens is 366 g/mol. The van der Waals surface area contributed by atoms with Crippen LogP contribution in [0.2, 0.25) is 0 Å². The molecule has 29 heavy (non-hydrogen) atoms. The molecule has 6 heteroatoms. The Bertz CT molecular complexity index is 1120. The summed E-state index contributed by atoms with van der Waals surface area (Å²) in [5, 5.41) is 0. The van der Waals surface area contributed by atoms with Gasteiger partial charge in [-0.05, 0) is 41.8 Å². The normalized spacial score (nSPS) is 14.1. The molecule has 1 aliphatic rings. The van der Waals surface area contributed by atoms with Crippen LogP contribution >= 0.6 is 0 Å². The molecule has 0 unspecified atom stereocenters. The van der Waals surface area contributed by atoms with E-state index in [-0.39, 0.29) is 11.6 Å². The zero-order valence-electron chi connectivity index (χ0n) is 16.8. The highest BCUT2D eigenvalue weighted by Crippen LogP contribution is 2.24. The lowest BCUT2D eigenvalue weighted by Crippen LogP contribution is -2.35. The number of fused-ring (bicyclic) bond motifs is 1. The van der Waals surface area contributed by atoms with Gasteiger partial charge in [0.1, 0.15) is 5.75 Å². The van der Waals surface area contributed by atoms with Crippen LogP contribution in [0.25, 0.3) is 16.6 Å². The van der Waals surface area contributed by atoms with Crippen LogP contribution in [0, 0.1) is 0 Å². The van der Waals surface area contributed by atoms with Crippen LogP contribution in [0.3, 0.4) is 0 Å². The summed E-state index contributed by atoms with van der Waals surface area (Å²) in [6.45, 7) is 1.69. The van der Waals surface area contributed by atoms with Crippen molar-refractivity contribution < 1.29 is 9.53 Å². The molecule has 3 aromatic rings. The average molecular weight is 391 g/mol. The minimum absolute atomic E-state index is 0.0786. The first-order chi connectivity index (χ1) is 14.1. The first-order valence-electron chi connectivity index (χ1n) is 9.84. The number of methoxy groups -OCH3 is 1. The highest BCUT2D eigenvalue weighted by molar-refractivity contribution is 5.79. The molecule has 150 valence electrons. The molecule has 0 saturated heterocycles. The van der Waals surface area contributed by atoms with Gasteiger partial charge >= 0.3 is 5.69 Å². The Morgan fingerprint density at radius 2 is 1.79 bits per heavy atom. The number of aryl methyl sites for hydroxylation is 2. The third kappa shape index (κ3) is 3.70. The fourth-order valence-electron chi connectivity index (χ4n) is 3.91. The van der Waals surface area contributed by atoms with E-state index in [4.69, 9.17) is 4.74 Å². The number of imidazole rings is 1. The van der Waals surface area contributed by atoms with E-state index in [0.717, 1.165) is 23.2 Å². The Hall–Kier alpha value is -3.28. The van der Waals surface area contributed by atoms with Crippen molar-refractivity contribution in [3.8, 4) is 5.75 Å². The predicted octanol–water partition coefficient (Wildman–Crippen LogP) is 3.05. The minimum Gasteiger partial charge on any atom is -0.497 e. The van der Waals surface area contributed by atoms with Gasteiger partial charge in [0.2, 0.25) is 5.91 Å². The topological polar surface area (TPSA) is 56.5 Å². The first kappa shape index (κ1) is 19.1. The Morgan fingerprint density at radius 3 is 2.45 bits per heavy atom. The number of carbonyl (C=O) groups is 1. The largest absolute Gasteiger partial charge is 0.497 e. The molecule has 6 nitrogen and oxygen atoms in total. The molecule has 1 aliphatic heterocycles. The molecule has 0 spiro atoms. The van der Waals surface area contributed by atoms with Crippen molar-refractivity contribution in [2.45, 2.75) is 19.4 Å². The molecule has 2 heterocycles. The van der Waals surface area contributed by atoms with Gasteiger partial charge in [0.15, 0.2) is 0 Å². The van der Waals surface area contributed by atoms with Crippen molar-refractivity contribution in [1.82, 2.24) is 14.0 Å². The van der Waals surface area contributed by atoms with Crippen LogP contribution in [-0.2, 0) is 18.4 Å². The molecule has 0 bridgehead atoms. The van der Waals surface area contributed by atoms with E-state index in [1.165, 1.54) is 11.1 Å². The van der Waals surface area contributed by atoms with Crippen LogP contribution < -0.4 is 10.4 Å². The molecular formula is C23H25N3O3. The smallest absolute Gasteiger partial charge is 0.328 e. The van der Waals surface area contributed by atoms with Gasteiger partial charge in [0.05, 0.1) is 18.1 Å².